The quantitative estimate of drug-likeness (QED) is 0.700. The Balaban J connectivity index is 2.11. The molecule has 144 valence electrons. The van der Waals surface area contributed by atoms with Crippen LogP contribution in [0.1, 0.15) is 17.1 Å². The summed E-state index contributed by atoms with van der Waals surface area (Å²) in [5.41, 5.74) is 2.31. The van der Waals surface area contributed by atoms with Crippen LogP contribution in [0, 0.1) is 25.2 Å². The number of hydrogen-bond acceptors (Lipinski definition) is 7. The fraction of sp³-hybridized carbons (Fsp3) is 0.222. The molecule has 0 atom stereocenters. The first-order valence-corrected chi connectivity index (χ1v) is 10.1. The highest BCUT2D eigenvalue weighted by Gasteiger charge is 2.17. The third-order valence-corrected chi connectivity index (χ3v) is 4.53. The normalized spacial score (nSPS) is 11.1. The molecule has 0 fully saturated rings. The van der Waals surface area contributed by atoms with Crippen LogP contribution < -0.4 is 9.46 Å². The number of rotatable bonds is 5. The largest absolute Gasteiger partial charge is 0.418 e. The molecule has 0 saturated carbocycles. The molecule has 0 unspecified atom stereocenters. The Morgan fingerprint density at radius 3 is 2.57 bits per heavy atom. The van der Waals surface area contributed by atoms with Crippen molar-refractivity contribution in [1.29, 1.82) is 5.26 Å². The lowest BCUT2D eigenvalue weighted by Crippen LogP contribution is -2.11. The summed E-state index contributed by atoms with van der Waals surface area (Å²) in [4.78, 5) is 12.8. The summed E-state index contributed by atoms with van der Waals surface area (Å²) in [6, 6.07) is 6.84. The van der Waals surface area contributed by atoms with Gasteiger partial charge < -0.3 is 9.30 Å². The van der Waals surface area contributed by atoms with E-state index < -0.39 is 10.0 Å². The molecule has 3 aromatic heterocycles. The van der Waals surface area contributed by atoms with Gasteiger partial charge in [-0.25, -0.2) is 18.4 Å². The zero-order valence-corrected chi connectivity index (χ0v) is 16.6. The zero-order valence-electron chi connectivity index (χ0n) is 15.8. The first-order valence-electron chi connectivity index (χ1n) is 8.20. The van der Waals surface area contributed by atoms with Crippen molar-refractivity contribution >= 4 is 15.7 Å². The van der Waals surface area contributed by atoms with Crippen molar-refractivity contribution in [2.24, 2.45) is 7.05 Å². The van der Waals surface area contributed by atoms with Crippen molar-refractivity contribution in [2.75, 3.05) is 11.0 Å². The molecule has 28 heavy (non-hydrogen) atoms. The zero-order chi connectivity index (χ0) is 20.5. The van der Waals surface area contributed by atoms with Crippen LogP contribution in [-0.2, 0) is 17.1 Å². The molecule has 1 N–H and O–H groups in total. The molecule has 0 spiro atoms. The molecule has 0 aliphatic heterocycles. The van der Waals surface area contributed by atoms with E-state index in [0.29, 0.717) is 28.4 Å². The van der Waals surface area contributed by atoms with Crippen molar-refractivity contribution in [1.82, 2.24) is 19.5 Å². The van der Waals surface area contributed by atoms with E-state index in [1.165, 1.54) is 6.20 Å². The number of nitrogens with one attached hydrogen (secondary N) is 1. The second-order valence-electron chi connectivity index (χ2n) is 6.21. The predicted molar refractivity (Wildman–Crippen MR) is 103 cm³/mol. The molecule has 0 aliphatic carbocycles. The van der Waals surface area contributed by atoms with Crippen LogP contribution in [0.25, 0.3) is 11.3 Å². The summed E-state index contributed by atoms with van der Waals surface area (Å²) in [5.74, 6) is 1.26. The predicted octanol–water partition coefficient (Wildman–Crippen LogP) is 2.53. The van der Waals surface area contributed by atoms with Crippen LogP contribution >= 0.6 is 0 Å². The van der Waals surface area contributed by atoms with Gasteiger partial charge in [-0.05, 0) is 32.0 Å². The summed E-state index contributed by atoms with van der Waals surface area (Å²) in [7, 11) is -1.75. The van der Waals surface area contributed by atoms with Crippen molar-refractivity contribution < 1.29 is 13.2 Å². The van der Waals surface area contributed by atoms with Gasteiger partial charge in [-0.2, -0.15) is 5.26 Å². The summed E-state index contributed by atoms with van der Waals surface area (Å²) < 4.78 is 33.5. The molecule has 0 aliphatic rings. The van der Waals surface area contributed by atoms with Gasteiger partial charge in [0, 0.05) is 25.0 Å². The van der Waals surface area contributed by atoms with E-state index in [2.05, 4.69) is 19.7 Å². The average molecular weight is 398 g/mol. The topological polar surface area (TPSA) is 123 Å². The van der Waals surface area contributed by atoms with Crippen molar-refractivity contribution in [2.45, 2.75) is 13.8 Å². The van der Waals surface area contributed by atoms with Gasteiger partial charge in [-0.3, -0.25) is 9.71 Å². The highest BCUT2D eigenvalue weighted by Crippen LogP contribution is 2.33. The number of anilines is 1. The minimum atomic E-state index is -3.54. The Bertz CT molecular complexity index is 1190. The Morgan fingerprint density at radius 2 is 1.96 bits per heavy atom. The SMILES string of the molecule is Cc1nc(C)n(C)c1Oc1nc(-c2cncc(C#N)c2)ccc1NS(C)(=O)=O. The van der Waals surface area contributed by atoms with E-state index >= 15 is 0 Å². The number of nitrogens with zero attached hydrogens (tertiary/aromatic N) is 5. The van der Waals surface area contributed by atoms with E-state index in [9.17, 15) is 8.42 Å². The second-order valence-corrected chi connectivity index (χ2v) is 7.96. The Morgan fingerprint density at radius 1 is 1.21 bits per heavy atom. The van der Waals surface area contributed by atoms with Crippen LogP contribution in [0.5, 0.6) is 11.8 Å². The molecular formula is C18H18N6O3S. The third-order valence-electron chi connectivity index (χ3n) is 3.94. The Hall–Kier alpha value is -3.45. The molecule has 3 rings (SSSR count). The smallest absolute Gasteiger partial charge is 0.246 e. The number of nitriles is 1. The summed E-state index contributed by atoms with van der Waals surface area (Å²) in [6.07, 6.45) is 4.06. The van der Waals surface area contributed by atoms with Crippen molar-refractivity contribution in [3.63, 3.8) is 0 Å². The first-order chi connectivity index (χ1) is 13.2. The van der Waals surface area contributed by atoms with Crippen LogP contribution in [0.15, 0.2) is 30.6 Å². The van der Waals surface area contributed by atoms with E-state index in [0.717, 1.165) is 12.1 Å². The molecule has 3 heterocycles. The van der Waals surface area contributed by atoms with Gasteiger partial charge in [0.1, 0.15) is 23.3 Å². The van der Waals surface area contributed by atoms with Crippen LogP contribution in [0.4, 0.5) is 5.69 Å². The number of sulfonamides is 1. The first kappa shape index (κ1) is 19.3. The van der Waals surface area contributed by atoms with E-state index in [-0.39, 0.29) is 11.6 Å². The lowest BCUT2D eigenvalue weighted by atomic mass is 10.1. The van der Waals surface area contributed by atoms with Crippen molar-refractivity contribution in [3.05, 3.63) is 47.7 Å². The van der Waals surface area contributed by atoms with Crippen molar-refractivity contribution in [3.8, 4) is 29.1 Å². The number of ether oxygens (including phenoxy) is 1. The maximum Gasteiger partial charge on any atom is 0.246 e. The molecule has 3 aromatic rings. The number of hydrogen-bond donors (Lipinski definition) is 1. The van der Waals surface area contributed by atoms with E-state index in [1.54, 1.807) is 42.9 Å². The second kappa shape index (κ2) is 7.28. The maximum absolute atomic E-state index is 11.7. The summed E-state index contributed by atoms with van der Waals surface area (Å²) >= 11 is 0. The number of aryl methyl sites for hydroxylation is 2. The van der Waals surface area contributed by atoms with Gasteiger partial charge in [0.25, 0.3) is 0 Å². The lowest BCUT2D eigenvalue weighted by molar-refractivity contribution is 0.424. The van der Waals surface area contributed by atoms with Gasteiger partial charge in [-0.15, -0.1) is 0 Å². The standard InChI is InChI=1S/C18H18N6O3S/c1-11-18(24(3)12(2)21-11)27-17-16(23-28(4,25)26)6-5-15(22-17)14-7-13(8-19)9-20-10-14/h5-7,9-10,23H,1-4H3. The van der Waals surface area contributed by atoms with Gasteiger partial charge in [-0.1, -0.05) is 0 Å². The van der Waals surface area contributed by atoms with Crippen LogP contribution in [0.3, 0.4) is 0 Å². The summed E-state index contributed by atoms with van der Waals surface area (Å²) in [6.45, 7) is 3.62. The lowest BCUT2D eigenvalue weighted by Gasteiger charge is -2.13. The fourth-order valence-electron chi connectivity index (χ4n) is 2.59. The Kier molecular flexibility index (Phi) is 5.02. The molecule has 0 bridgehead atoms. The molecule has 0 radical (unpaired) electrons. The monoisotopic (exact) mass is 398 g/mol. The van der Waals surface area contributed by atoms with Crippen LogP contribution in [-0.4, -0.2) is 34.2 Å². The minimum absolute atomic E-state index is 0.0661. The highest BCUT2D eigenvalue weighted by molar-refractivity contribution is 7.92. The number of imidazole rings is 1. The molecule has 0 saturated heterocycles. The minimum Gasteiger partial charge on any atom is -0.418 e. The van der Waals surface area contributed by atoms with Gasteiger partial charge in [0.15, 0.2) is 0 Å². The van der Waals surface area contributed by atoms with Crippen LogP contribution in [0.2, 0.25) is 0 Å². The molecule has 9 nitrogen and oxygen atoms in total. The summed E-state index contributed by atoms with van der Waals surface area (Å²) in [5, 5.41) is 9.07. The fourth-order valence-corrected chi connectivity index (χ4v) is 3.14. The number of pyridine rings is 2. The van der Waals surface area contributed by atoms with E-state index in [1.807, 2.05) is 13.0 Å². The average Bonchev–Trinajstić information content (AvgIpc) is 2.88. The Labute approximate surface area is 162 Å². The highest BCUT2D eigenvalue weighted by atomic mass is 32.2. The van der Waals surface area contributed by atoms with Gasteiger partial charge >= 0.3 is 0 Å². The third kappa shape index (κ3) is 4.10. The van der Waals surface area contributed by atoms with Gasteiger partial charge in [0.2, 0.25) is 21.8 Å². The molecule has 10 heteroatoms. The molecular weight excluding hydrogens is 380 g/mol. The van der Waals surface area contributed by atoms with E-state index in [4.69, 9.17) is 10.00 Å². The molecule has 0 amide bonds. The molecule has 0 aromatic carbocycles. The van der Waals surface area contributed by atoms with Gasteiger partial charge in [0.05, 0.1) is 17.5 Å². The number of aromatic nitrogens is 4. The maximum atomic E-state index is 11.7.